The molecule has 3 rings (SSSR count). The van der Waals surface area contributed by atoms with Crippen molar-refractivity contribution in [2.75, 3.05) is 7.11 Å². The number of Topliss-reactive ketones (excluding diaryl/α,β-unsaturated/α-hetero) is 1. The van der Waals surface area contributed by atoms with Gasteiger partial charge in [-0.25, -0.2) is 0 Å². The molecule has 0 amide bonds. The number of rotatable bonds is 8. The Labute approximate surface area is 159 Å². The van der Waals surface area contributed by atoms with Gasteiger partial charge in [0.1, 0.15) is 13.2 Å². The van der Waals surface area contributed by atoms with Crippen LogP contribution >= 0.6 is 0 Å². The fraction of sp³-hybridized carbons (Fsp3) is 0.174. The summed E-state index contributed by atoms with van der Waals surface area (Å²) >= 11 is 0. The second kappa shape index (κ2) is 8.90. The van der Waals surface area contributed by atoms with Crippen LogP contribution in [0.25, 0.3) is 0 Å². The molecule has 3 aromatic carbocycles. The molecule has 0 aromatic heterocycles. The molecule has 3 aromatic rings. The minimum atomic E-state index is -0.0916. The van der Waals surface area contributed by atoms with Gasteiger partial charge in [-0.15, -0.1) is 0 Å². The van der Waals surface area contributed by atoms with Gasteiger partial charge in [0.25, 0.3) is 0 Å². The quantitative estimate of drug-likeness (QED) is 0.526. The van der Waals surface area contributed by atoms with Crippen LogP contribution in [0.4, 0.5) is 0 Å². The van der Waals surface area contributed by atoms with Crippen LogP contribution in [0.2, 0.25) is 0 Å². The lowest BCUT2D eigenvalue weighted by Gasteiger charge is -2.18. The van der Waals surface area contributed by atoms with Gasteiger partial charge in [-0.1, -0.05) is 60.7 Å². The highest BCUT2D eigenvalue weighted by Crippen LogP contribution is 2.41. The van der Waals surface area contributed by atoms with Gasteiger partial charge in [-0.2, -0.15) is 0 Å². The summed E-state index contributed by atoms with van der Waals surface area (Å²) in [6, 6.07) is 23.1. The predicted octanol–water partition coefficient (Wildman–Crippen LogP) is 5.06. The summed E-state index contributed by atoms with van der Waals surface area (Å²) in [4.78, 5) is 12.0. The smallest absolute Gasteiger partial charge is 0.204 e. The first-order valence-corrected chi connectivity index (χ1v) is 8.74. The van der Waals surface area contributed by atoms with Crippen molar-refractivity contribution < 1.29 is 19.0 Å². The summed E-state index contributed by atoms with van der Waals surface area (Å²) < 4.78 is 17.5. The molecule has 0 radical (unpaired) electrons. The van der Waals surface area contributed by atoms with Gasteiger partial charge in [0.05, 0.1) is 12.7 Å². The summed E-state index contributed by atoms with van der Waals surface area (Å²) in [5.74, 6) is 1.27. The van der Waals surface area contributed by atoms with Crippen LogP contribution in [-0.4, -0.2) is 12.9 Å². The maximum absolute atomic E-state index is 12.0. The van der Waals surface area contributed by atoms with Gasteiger partial charge in [-0.3, -0.25) is 4.79 Å². The fourth-order valence-electron chi connectivity index (χ4n) is 2.74. The van der Waals surface area contributed by atoms with Crippen molar-refractivity contribution in [3.63, 3.8) is 0 Å². The van der Waals surface area contributed by atoms with E-state index < -0.39 is 0 Å². The van der Waals surface area contributed by atoms with E-state index in [1.54, 1.807) is 12.1 Å². The molecule has 0 saturated carbocycles. The third-order valence-corrected chi connectivity index (χ3v) is 4.12. The topological polar surface area (TPSA) is 44.8 Å². The van der Waals surface area contributed by atoms with Crippen molar-refractivity contribution >= 4 is 5.78 Å². The van der Waals surface area contributed by atoms with Crippen molar-refractivity contribution in [3.05, 3.63) is 89.5 Å². The molecular formula is C23H22O4. The number of ketones is 1. The van der Waals surface area contributed by atoms with Crippen molar-refractivity contribution in [2.45, 2.75) is 20.1 Å². The number of benzene rings is 3. The zero-order chi connectivity index (χ0) is 19.1. The number of carbonyl (C=O) groups excluding carboxylic acids is 1. The van der Waals surface area contributed by atoms with E-state index in [-0.39, 0.29) is 5.78 Å². The Morgan fingerprint density at radius 1 is 0.741 bits per heavy atom. The van der Waals surface area contributed by atoms with Crippen LogP contribution in [0.15, 0.2) is 72.8 Å². The van der Waals surface area contributed by atoms with Crippen molar-refractivity contribution in [1.82, 2.24) is 0 Å². The molecule has 27 heavy (non-hydrogen) atoms. The van der Waals surface area contributed by atoms with Gasteiger partial charge < -0.3 is 14.2 Å². The Morgan fingerprint density at radius 3 is 1.81 bits per heavy atom. The third-order valence-electron chi connectivity index (χ3n) is 4.12. The fourth-order valence-corrected chi connectivity index (χ4v) is 2.74. The largest absolute Gasteiger partial charge is 0.492 e. The van der Waals surface area contributed by atoms with Crippen LogP contribution in [0.1, 0.15) is 28.4 Å². The van der Waals surface area contributed by atoms with E-state index in [0.29, 0.717) is 36.0 Å². The first-order chi connectivity index (χ1) is 13.2. The molecule has 0 saturated heterocycles. The maximum atomic E-state index is 12.0. The molecule has 0 aliphatic heterocycles. The normalized spacial score (nSPS) is 10.3. The first-order valence-electron chi connectivity index (χ1n) is 8.74. The predicted molar refractivity (Wildman–Crippen MR) is 105 cm³/mol. The lowest BCUT2D eigenvalue weighted by Crippen LogP contribution is -2.05. The lowest BCUT2D eigenvalue weighted by molar-refractivity contribution is 0.101. The average Bonchev–Trinajstić information content (AvgIpc) is 2.71. The summed E-state index contributed by atoms with van der Waals surface area (Å²) in [7, 11) is 1.53. The molecule has 0 bridgehead atoms. The molecule has 0 N–H and O–H groups in total. The molecule has 4 nitrogen and oxygen atoms in total. The zero-order valence-corrected chi connectivity index (χ0v) is 15.5. The second-order valence-electron chi connectivity index (χ2n) is 6.08. The van der Waals surface area contributed by atoms with E-state index in [4.69, 9.17) is 14.2 Å². The SMILES string of the molecule is COc1c(C(C)=O)ccc(OCc2ccccc2)c1OCc1ccccc1. The molecule has 0 atom stereocenters. The second-order valence-corrected chi connectivity index (χ2v) is 6.08. The summed E-state index contributed by atoms with van der Waals surface area (Å²) in [6.45, 7) is 2.24. The van der Waals surface area contributed by atoms with Crippen LogP contribution in [0.5, 0.6) is 17.2 Å². The van der Waals surface area contributed by atoms with Crippen LogP contribution in [0, 0.1) is 0 Å². The van der Waals surface area contributed by atoms with Crippen LogP contribution in [0.3, 0.4) is 0 Å². The standard InChI is InChI=1S/C23H22O4/c1-17(24)20-13-14-21(26-15-18-9-5-3-6-10-18)23(22(20)25-2)27-16-19-11-7-4-8-12-19/h3-14H,15-16H2,1-2H3. The highest BCUT2D eigenvalue weighted by atomic mass is 16.5. The van der Waals surface area contributed by atoms with E-state index >= 15 is 0 Å². The Balaban J connectivity index is 1.89. The number of methoxy groups -OCH3 is 1. The Kier molecular flexibility index (Phi) is 6.10. The van der Waals surface area contributed by atoms with Crippen molar-refractivity contribution in [3.8, 4) is 17.2 Å². The highest BCUT2D eigenvalue weighted by molar-refractivity contribution is 5.98. The molecular weight excluding hydrogens is 340 g/mol. The molecule has 0 heterocycles. The highest BCUT2D eigenvalue weighted by Gasteiger charge is 2.20. The molecule has 0 aliphatic carbocycles. The van der Waals surface area contributed by atoms with E-state index in [1.807, 2.05) is 60.7 Å². The number of carbonyl (C=O) groups is 1. The van der Waals surface area contributed by atoms with E-state index in [9.17, 15) is 4.79 Å². The monoisotopic (exact) mass is 362 g/mol. The summed E-state index contributed by atoms with van der Waals surface area (Å²) in [5.41, 5.74) is 2.52. The summed E-state index contributed by atoms with van der Waals surface area (Å²) in [5, 5.41) is 0. The Hall–Kier alpha value is -3.27. The van der Waals surface area contributed by atoms with Gasteiger partial charge in [0.15, 0.2) is 17.3 Å². The molecule has 0 aliphatic rings. The average molecular weight is 362 g/mol. The lowest BCUT2D eigenvalue weighted by atomic mass is 10.1. The van der Waals surface area contributed by atoms with Crippen LogP contribution in [-0.2, 0) is 13.2 Å². The maximum Gasteiger partial charge on any atom is 0.204 e. The molecule has 0 spiro atoms. The zero-order valence-electron chi connectivity index (χ0n) is 15.5. The van der Waals surface area contributed by atoms with Gasteiger partial charge in [0, 0.05) is 0 Å². The molecule has 4 heteroatoms. The van der Waals surface area contributed by atoms with Crippen molar-refractivity contribution in [1.29, 1.82) is 0 Å². The first kappa shape index (κ1) is 18.5. The van der Waals surface area contributed by atoms with E-state index in [1.165, 1.54) is 14.0 Å². The van der Waals surface area contributed by atoms with Gasteiger partial charge in [0.2, 0.25) is 5.75 Å². The van der Waals surface area contributed by atoms with E-state index in [0.717, 1.165) is 11.1 Å². The third kappa shape index (κ3) is 4.67. The summed E-state index contributed by atoms with van der Waals surface area (Å²) in [6.07, 6.45) is 0. The molecule has 0 unspecified atom stereocenters. The van der Waals surface area contributed by atoms with Gasteiger partial charge in [-0.05, 0) is 30.2 Å². The van der Waals surface area contributed by atoms with E-state index in [2.05, 4.69) is 0 Å². The number of hydrogen-bond donors (Lipinski definition) is 0. The molecule has 0 fully saturated rings. The molecule has 138 valence electrons. The number of ether oxygens (including phenoxy) is 3. The van der Waals surface area contributed by atoms with Crippen LogP contribution < -0.4 is 14.2 Å². The minimum Gasteiger partial charge on any atom is -0.492 e. The Morgan fingerprint density at radius 2 is 1.30 bits per heavy atom. The number of hydrogen-bond acceptors (Lipinski definition) is 4. The minimum absolute atomic E-state index is 0.0916. The van der Waals surface area contributed by atoms with Crippen molar-refractivity contribution in [2.24, 2.45) is 0 Å². The van der Waals surface area contributed by atoms with Gasteiger partial charge >= 0.3 is 0 Å². The Bertz CT molecular complexity index is 889.